The van der Waals surface area contributed by atoms with Gasteiger partial charge in [0.15, 0.2) is 0 Å². The van der Waals surface area contributed by atoms with E-state index in [9.17, 15) is 0 Å². The molecule has 0 aliphatic carbocycles. The van der Waals surface area contributed by atoms with Crippen LogP contribution < -0.4 is 11.5 Å². The average Bonchev–Trinajstić information content (AvgIpc) is 2.49. The number of nitrogen functional groups attached to an aromatic ring is 1. The van der Waals surface area contributed by atoms with E-state index >= 15 is 0 Å². The quantitative estimate of drug-likeness (QED) is 0.696. The number of rotatable bonds is 3. The lowest BCUT2D eigenvalue weighted by molar-refractivity contribution is 0.313. The molecule has 1 aromatic rings. The van der Waals surface area contributed by atoms with Crippen LogP contribution in [0.5, 0.6) is 0 Å². The van der Waals surface area contributed by atoms with E-state index in [0.717, 1.165) is 6.42 Å². The van der Waals surface area contributed by atoms with Crippen LogP contribution in [0, 0.1) is 5.92 Å². The predicted octanol–water partition coefficient (Wildman–Crippen LogP) is 0.698. The molecular formula is C7H14N4O. The third-order valence-electron chi connectivity index (χ3n) is 2.00. The standard InChI is InChI=1S/C7H14N4O/c1-3-4(2)5(8)6-10-7(9)11-12-6/h4-5H,3,8H2,1-2H3,(H2,9,11). The molecule has 0 aliphatic heterocycles. The number of hydrogen-bond acceptors (Lipinski definition) is 5. The first kappa shape index (κ1) is 8.99. The summed E-state index contributed by atoms with van der Waals surface area (Å²) in [5.74, 6) is 0.885. The van der Waals surface area contributed by atoms with Crippen LogP contribution in [0.4, 0.5) is 5.95 Å². The second kappa shape index (κ2) is 3.53. The van der Waals surface area contributed by atoms with E-state index in [1.54, 1.807) is 0 Å². The molecule has 0 aliphatic rings. The smallest absolute Gasteiger partial charge is 0.260 e. The molecule has 12 heavy (non-hydrogen) atoms. The minimum absolute atomic E-state index is 0.142. The largest absolute Gasteiger partial charge is 0.365 e. The molecule has 1 rings (SSSR count). The highest BCUT2D eigenvalue weighted by Crippen LogP contribution is 2.19. The first-order valence-corrected chi connectivity index (χ1v) is 3.99. The fourth-order valence-electron chi connectivity index (χ4n) is 0.880. The molecule has 1 heterocycles. The third kappa shape index (κ3) is 1.73. The Morgan fingerprint density at radius 3 is 2.67 bits per heavy atom. The van der Waals surface area contributed by atoms with Crippen molar-refractivity contribution in [1.82, 2.24) is 10.1 Å². The summed E-state index contributed by atoms with van der Waals surface area (Å²) in [5.41, 5.74) is 11.1. The second-order valence-corrected chi connectivity index (χ2v) is 2.90. The Bertz CT molecular complexity index is 247. The van der Waals surface area contributed by atoms with Crippen LogP contribution in [-0.4, -0.2) is 10.1 Å². The highest BCUT2D eigenvalue weighted by atomic mass is 16.5. The van der Waals surface area contributed by atoms with Gasteiger partial charge >= 0.3 is 0 Å². The average molecular weight is 170 g/mol. The zero-order chi connectivity index (χ0) is 9.14. The monoisotopic (exact) mass is 170 g/mol. The van der Waals surface area contributed by atoms with Gasteiger partial charge in [-0.1, -0.05) is 20.3 Å². The third-order valence-corrected chi connectivity index (χ3v) is 2.00. The fraction of sp³-hybridized carbons (Fsp3) is 0.714. The van der Waals surface area contributed by atoms with E-state index in [-0.39, 0.29) is 12.0 Å². The maximum Gasteiger partial charge on any atom is 0.260 e. The van der Waals surface area contributed by atoms with Crippen molar-refractivity contribution in [2.24, 2.45) is 11.7 Å². The molecule has 5 nitrogen and oxygen atoms in total. The van der Waals surface area contributed by atoms with E-state index in [1.807, 2.05) is 6.92 Å². The number of aromatic nitrogens is 2. The van der Waals surface area contributed by atoms with E-state index in [0.29, 0.717) is 11.8 Å². The lowest BCUT2D eigenvalue weighted by atomic mass is 10.0. The summed E-state index contributed by atoms with van der Waals surface area (Å²) in [6.45, 7) is 4.09. The van der Waals surface area contributed by atoms with Crippen molar-refractivity contribution in [3.8, 4) is 0 Å². The number of hydrogen-bond donors (Lipinski definition) is 2. The summed E-state index contributed by atoms with van der Waals surface area (Å²) < 4.78 is 4.84. The Morgan fingerprint density at radius 1 is 1.58 bits per heavy atom. The Labute approximate surface area is 71.1 Å². The predicted molar refractivity (Wildman–Crippen MR) is 45.1 cm³/mol. The van der Waals surface area contributed by atoms with Crippen molar-refractivity contribution >= 4 is 5.95 Å². The van der Waals surface area contributed by atoms with Gasteiger partial charge < -0.3 is 16.0 Å². The van der Waals surface area contributed by atoms with Crippen molar-refractivity contribution in [1.29, 1.82) is 0 Å². The van der Waals surface area contributed by atoms with Crippen molar-refractivity contribution in [2.45, 2.75) is 26.3 Å². The van der Waals surface area contributed by atoms with Crippen LogP contribution in [0.2, 0.25) is 0 Å². The Hall–Kier alpha value is -1.10. The maximum absolute atomic E-state index is 5.81. The van der Waals surface area contributed by atoms with E-state index in [4.69, 9.17) is 16.0 Å². The molecule has 0 spiro atoms. The second-order valence-electron chi connectivity index (χ2n) is 2.90. The Kier molecular flexibility index (Phi) is 2.65. The zero-order valence-corrected chi connectivity index (χ0v) is 7.32. The van der Waals surface area contributed by atoms with Crippen LogP contribution in [-0.2, 0) is 0 Å². The normalized spacial score (nSPS) is 15.9. The summed E-state index contributed by atoms with van der Waals surface area (Å²) in [7, 11) is 0. The minimum Gasteiger partial charge on any atom is -0.365 e. The number of nitrogens with two attached hydrogens (primary N) is 2. The molecule has 0 radical (unpaired) electrons. The van der Waals surface area contributed by atoms with Crippen molar-refractivity contribution in [2.75, 3.05) is 5.73 Å². The lowest BCUT2D eigenvalue weighted by Gasteiger charge is -2.12. The molecule has 0 aromatic carbocycles. The summed E-state index contributed by atoms with van der Waals surface area (Å²) >= 11 is 0. The van der Waals surface area contributed by atoms with Gasteiger partial charge in [-0.3, -0.25) is 0 Å². The number of nitrogens with zero attached hydrogens (tertiary/aromatic N) is 2. The van der Waals surface area contributed by atoms with Crippen LogP contribution in [0.15, 0.2) is 4.52 Å². The minimum atomic E-state index is -0.209. The summed E-state index contributed by atoms with van der Waals surface area (Å²) in [5, 5.41) is 3.47. The molecule has 68 valence electrons. The molecule has 2 atom stereocenters. The van der Waals surface area contributed by atoms with Crippen LogP contribution in [0.3, 0.4) is 0 Å². The molecule has 4 N–H and O–H groups in total. The fourth-order valence-corrected chi connectivity index (χ4v) is 0.880. The summed E-state index contributed by atoms with van der Waals surface area (Å²) in [6.07, 6.45) is 0.976. The molecule has 0 saturated carbocycles. The van der Waals surface area contributed by atoms with E-state index < -0.39 is 0 Å². The molecule has 0 amide bonds. The van der Waals surface area contributed by atoms with Gasteiger partial charge in [-0.15, -0.1) is 0 Å². The van der Waals surface area contributed by atoms with Crippen LogP contribution >= 0.6 is 0 Å². The van der Waals surface area contributed by atoms with Crippen LogP contribution in [0.1, 0.15) is 32.2 Å². The first-order valence-electron chi connectivity index (χ1n) is 3.99. The molecule has 1 aromatic heterocycles. The van der Waals surface area contributed by atoms with Gasteiger partial charge in [0.25, 0.3) is 5.95 Å². The van der Waals surface area contributed by atoms with Crippen molar-refractivity contribution in [3.63, 3.8) is 0 Å². The van der Waals surface area contributed by atoms with Gasteiger partial charge in [0, 0.05) is 0 Å². The maximum atomic E-state index is 5.81. The van der Waals surface area contributed by atoms with Crippen molar-refractivity contribution in [3.05, 3.63) is 5.89 Å². The summed E-state index contributed by atoms with van der Waals surface area (Å²) in [4.78, 5) is 3.85. The van der Waals surface area contributed by atoms with Gasteiger partial charge in [0.2, 0.25) is 5.89 Å². The number of anilines is 1. The SMILES string of the molecule is CCC(C)C(N)c1nc(N)no1. The van der Waals surface area contributed by atoms with Crippen LogP contribution in [0.25, 0.3) is 0 Å². The van der Waals surface area contributed by atoms with Crippen molar-refractivity contribution < 1.29 is 4.52 Å². The highest BCUT2D eigenvalue weighted by molar-refractivity contribution is 5.11. The van der Waals surface area contributed by atoms with Gasteiger partial charge in [-0.25, -0.2) is 0 Å². The highest BCUT2D eigenvalue weighted by Gasteiger charge is 2.18. The van der Waals surface area contributed by atoms with E-state index in [2.05, 4.69) is 17.1 Å². The lowest BCUT2D eigenvalue weighted by Crippen LogP contribution is -2.18. The molecule has 0 saturated heterocycles. The Balaban J connectivity index is 2.70. The van der Waals surface area contributed by atoms with Gasteiger partial charge in [0.05, 0.1) is 6.04 Å². The molecule has 2 unspecified atom stereocenters. The zero-order valence-electron chi connectivity index (χ0n) is 7.32. The van der Waals surface area contributed by atoms with Gasteiger partial charge in [-0.2, -0.15) is 4.98 Å². The molecular weight excluding hydrogens is 156 g/mol. The topological polar surface area (TPSA) is 91.0 Å². The first-order chi connectivity index (χ1) is 5.65. The Morgan fingerprint density at radius 2 is 2.25 bits per heavy atom. The molecule has 0 bridgehead atoms. The summed E-state index contributed by atoms with van der Waals surface area (Å²) in [6, 6.07) is -0.209. The molecule has 5 heteroatoms. The van der Waals surface area contributed by atoms with E-state index in [1.165, 1.54) is 0 Å². The van der Waals surface area contributed by atoms with Gasteiger partial charge in [-0.05, 0) is 11.1 Å². The molecule has 0 fully saturated rings. The van der Waals surface area contributed by atoms with Gasteiger partial charge in [0.1, 0.15) is 0 Å².